The lowest BCUT2D eigenvalue weighted by atomic mass is 10.0. The Labute approximate surface area is 239 Å². The van der Waals surface area contributed by atoms with Crippen LogP contribution in [0.25, 0.3) is 21.3 Å². The number of fused-ring (bicyclic) bond motifs is 1. The van der Waals surface area contributed by atoms with E-state index in [1.54, 1.807) is 17.3 Å². The summed E-state index contributed by atoms with van der Waals surface area (Å²) in [6.07, 6.45) is 1.97. The molecule has 1 fully saturated rings. The molecule has 1 N–H and O–H groups in total. The van der Waals surface area contributed by atoms with Gasteiger partial charge >= 0.3 is 12.3 Å². The van der Waals surface area contributed by atoms with E-state index >= 15 is 0 Å². The van der Waals surface area contributed by atoms with Crippen LogP contribution in [0, 0.1) is 6.92 Å². The van der Waals surface area contributed by atoms with Gasteiger partial charge in [-0.05, 0) is 58.7 Å². The van der Waals surface area contributed by atoms with Crippen LogP contribution in [0.4, 0.5) is 29.6 Å². The second-order valence-corrected chi connectivity index (χ2v) is 12.1. The number of methoxy groups -OCH3 is 1. The molecule has 0 radical (unpaired) electrons. The number of nitrogens with one attached hydrogen (secondary N) is 1. The van der Waals surface area contributed by atoms with Crippen molar-refractivity contribution in [2.75, 3.05) is 25.5 Å². The Morgan fingerprint density at radius 3 is 2.54 bits per heavy atom. The zero-order valence-corrected chi connectivity index (χ0v) is 24.2. The zero-order valence-electron chi connectivity index (χ0n) is 23.4. The molecule has 41 heavy (non-hydrogen) atoms. The Bertz CT molecular complexity index is 1570. The van der Waals surface area contributed by atoms with Crippen LogP contribution >= 0.6 is 11.3 Å². The lowest BCUT2D eigenvalue weighted by Crippen LogP contribution is -2.42. The number of aromatic nitrogens is 4. The van der Waals surface area contributed by atoms with Crippen molar-refractivity contribution in [1.82, 2.24) is 24.6 Å². The third kappa shape index (κ3) is 6.24. The average Bonchev–Trinajstić information content (AvgIpc) is 3.50. The molecule has 0 unspecified atom stereocenters. The first kappa shape index (κ1) is 28.7. The standard InChI is InChI=1S/C28H31F3N6O3S/c1-16-23(20-7-6-17(28(29,30)31)12-21(20)39-5)24-22(41-16)14-32-25(35-24)34-18-13-33-37(15-18)19-8-10-36(11-9-19)26(38)40-27(2,3)4/h6-7,12-15,19H,8-11H2,1-5H3,(H,32,34,35). The largest absolute Gasteiger partial charge is 0.496 e. The molecule has 1 saturated heterocycles. The van der Waals surface area contributed by atoms with Crippen LogP contribution in [-0.2, 0) is 10.9 Å². The topological polar surface area (TPSA) is 94.4 Å². The Kier molecular flexibility index (Phi) is 7.58. The molecule has 0 atom stereocenters. The number of hydrogen-bond acceptors (Lipinski definition) is 8. The van der Waals surface area contributed by atoms with E-state index in [9.17, 15) is 18.0 Å². The molecule has 0 saturated carbocycles. The van der Waals surface area contributed by atoms with E-state index in [2.05, 4.69) is 15.4 Å². The molecule has 4 aromatic rings. The van der Waals surface area contributed by atoms with Gasteiger partial charge in [0.1, 0.15) is 11.4 Å². The SMILES string of the molecule is COc1cc(C(F)(F)F)ccc1-c1c(C)sc2cnc(Nc3cnn(C4CCN(C(=O)OC(C)(C)C)CC4)c3)nc12. The average molecular weight is 589 g/mol. The summed E-state index contributed by atoms with van der Waals surface area (Å²) in [6.45, 7) is 8.60. The molecule has 0 bridgehead atoms. The third-order valence-electron chi connectivity index (χ3n) is 6.75. The summed E-state index contributed by atoms with van der Waals surface area (Å²) in [4.78, 5) is 24.1. The van der Waals surface area contributed by atoms with Crippen molar-refractivity contribution in [3.05, 3.63) is 47.2 Å². The maximum atomic E-state index is 13.3. The fraction of sp³-hybridized carbons (Fsp3) is 0.429. The van der Waals surface area contributed by atoms with E-state index in [-0.39, 0.29) is 17.9 Å². The van der Waals surface area contributed by atoms with Gasteiger partial charge in [-0.25, -0.2) is 14.8 Å². The first-order valence-corrected chi connectivity index (χ1v) is 13.9. The van der Waals surface area contributed by atoms with Gasteiger partial charge in [-0.2, -0.15) is 18.3 Å². The summed E-state index contributed by atoms with van der Waals surface area (Å²) >= 11 is 1.46. The first-order valence-electron chi connectivity index (χ1n) is 13.1. The Morgan fingerprint density at radius 2 is 1.88 bits per heavy atom. The monoisotopic (exact) mass is 588 g/mol. The van der Waals surface area contributed by atoms with Crippen molar-refractivity contribution in [1.29, 1.82) is 0 Å². The smallest absolute Gasteiger partial charge is 0.416 e. The van der Waals surface area contributed by atoms with Gasteiger partial charge in [0.05, 0.1) is 47.0 Å². The van der Waals surface area contributed by atoms with Crippen LogP contribution in [0.2, 0.25) is 0 Å². The maximum Gasteiger partial charge on any atom is 0.416 e. The van der Waals surface area contributed by atoms with Gasteiger partial charge in [-0.15, -0.1) is 11.3 Å². The van der Waals surface area contributed by atoms with Crippen LogP contribution in [-0.4, -0.2) is 56.5 Å². The number of hydrogen-bond donors (Lipinski definition) is 1. The molecule has 1 aromatic carbocycles. The van der Waals surface area contributed by atoms with Crippen molar-refractivity contribution >= 4 is 39.3 Å². The van der Waals surface area contributed by atoms with Gasteiger partial charge in [0.2, 0.25) is 5.95 Å². The van der Waals surface area contributed by atoms with Gasteiger partial charge in [0.25, 0.3) is 0 Å². The summed E-state index contributed by atoms with van der Waals surface area (Å²) in [5.41, 5.74) is 1.23. The van der Waals surface area contributed by atoms with Gasteiger partial charge in [-0.3, -0.25) is 4.68 Å². The maximum absolute atomic E-state index is 13.3. The van der Waals surface area contributed by atoms with E-state index in [0.717, 1.165) is 34.6 Å². The molecular weight excluding hydrogens is 557 g/mol. The summed E-state index contributed by atoms with van der Waals surface area (Å²) in [7, 11) is 1.35. The van der Waals surface area contributed by atoms with Gasteiger partial charge in [-0.1, -0.05) is 0 Å². The fourth-order valence-corrected chi connectivity index (χ4v) is 5.82. The van der Waals surface area contributed by atoms with Crippen LogP contribution in [0.5, 0.6) is 5.75 Å². The molecule has 5 rings (SSSR count). The number of anilines is 2. The van der Waals surface area contributed by atoms with Crippen molar-refractivity contribution in [2.45, 2.75) is 58.4 Å². The summed E-state index contributed by atoms with van der Waals surface area (Å²) in [5, 5.41) is 7.69. The van der Waals surface area contributed by atoms with Gasteiger partial charge in [0, 0.05) is 35.3 Å². The second kappa shape index (κ2) is 10.8. The molecule has 1 aliphatic heterocycles. The predicted octanol–water partition coefficient (Wildman–Crippen LogP) is 7.21. The lowest BCUT2D eigenvalue weighted by Gasteiger charge is -2.33. The second-order valence-electron chi connectivity index (χ2n) is 10.9. The molecule has 0 aliphatic carbocycles. The summed E-state index contributed by atoms with van der Waals surface area (Å²) < 4.78 is 53.4. The Balaban J connectivity index is 1.33. The quantitative estimate of drug-likeness (QED) is 0.263. The van der Waals surface area contributed by atoms with E-state index in [1.165, 1.54) is 24.5 Å². The number of carbonyl (C=O) groups excluding carboxylic acids is 1. The number of rotatable bonds is 5. The highest BCUT2D eigenvalue weighted by atomic mass is 32.1. The highest BCUT2D eigenvalue weighted by Gasteiger charge is 2.32. The molecule has 1 amide bonds. The van der Waals surface area contributed by atoms with Gasteiger partial charge < -0.3 is 19.7 Å². The number of alkyl halides is 3. The molecule has 0 spiro atoms. The summed E-state index contributed by atoms with van der Waals surface area (Å²) in [6, 6.07) is 3.60. The Hall–Kier alpha value is -3.87. The van der Waals surface area contributed by atoms with Crippen molar-refractivity contribution in [2.24, 2.45) is 0 Å². The van der Waals surface area contributed by atoms with E-state index < -0.39 is 17.3 Å². The van der Waals surface area contributed by atoms with E-state index in [0.29, 0.717) is 41.4 Å². The molecular formula is C28H31F3N6O3S. The van der Waals surface area contributed by atoms with E-state index in [1.807, 2.05) is 38.6 Å². The number of likely N-dealkylation sites (tertiary alicyclic amines) is 1. The molecule has 9 nitrogen and oxygen atoms in total. The number of aryl methyl sites for hydroxylation is 1. The van der Waals surface area contributed by atoms with Crippen molar-refractivity contribution in [3.8, 4) is 16.9 Å². The Morgan fingerprint density at radius 1 is 1.15 bits per heavy atom. The number of piperidine rings is 1. The van der Waals surface area contributed by atoms with Crippen LogP contribution in [0.3, 0.4) is 0 Å². The van der Waals surface area contributed by atoms with Crippen LogP contribution in [0.1, 0.15) is 50.1 Å². The summed E-state index contributed by atoms with van der Waals surface area (Å²) in [5.74, 6) is 0.455. The van der Waals surface area contributed by atoms with Crippen LogP contribution < -0.4 is 10.1 Å². The zero-order chi connectivity index (χ0) is 29.5. The van der Waals surface area contributed by atoms with Crippen LogP contribution in [0.15, 0.2) is 36.8 Å². The fourth-order valence-electron chi connectivity index (χ4n) is 4.83. The number of thiophene rings is 1. The molecule has 13 heteroatoms. The van der Waals surface area contributed by atoms with Gasteiger partial charge in [0.15, 0.2) is 0 Å². The van der Waals surface area contributed by atoms with Crippen molar-refractivity contribution < 1.29 is 27.4 Å². The first-order chi connectivity index (χ1) is 19.3. The molecule has 1 aliphatic rings. The predicted molar refractivity (Wildman–Crippen MR) is 151 cm³/mol. The molecule has 4 heterocycles. The number of halogens is 3. The number of benzene rings is 1. The number of carbonyl (C=O) groups is 1. The minimum Gasteiger partial charge on any atom is -0.496 e. The molecule has 3 aromatic heterocycles. The van der Waals surface area contributed by atoms with Crippen molar-refractivity contribution in [3.63, 3.8) is 0 Å². The number of amides is 1. The minimum atomic E-state index is -4.48. The number of nitrogens with zero attached hydrogens (tertiary/aromatic N) is 5. The molecule has 218 valence electrons. The van der Waals surface area contributed by atoms with E-state index in [4.69, 9.17) is 14.5 Å². The minimum absolute atomic E-state index is 0.120. The number of ether oxygens (including phenoxy) is 2. The normalized spacial score (nSPS) is 14.9. The lowest BCUT2D eigenvalue weighted by molar-refractivity contribution is -0.137. The third-order valence-corrected chi connectivity index (χ3v) is 7.78. The highest BCUT2D eigenvalue weighted by molar-refractivity contribution is 7.19. The highest BCUT2D eigenvalue weighted by Crippen LogP contribution is 2.43.